The number of hydrogen-bond donors (Lipinski definition) is 0. The van der Waals surface area contributed by atoms with Gasteiger partial charge in [-0.25, -0.2) is 4.79 Å². The molecule has 0 aromatic rings. The molecule has 6 rings (SSSR count). The zero-order valence-electron chi connectivity index (χ0n) is 15.3. The van der Waals surface area contributed by atoms with E-state index in [2.05, 4.69) is 15.9 Å². The normalized spacial score (nSPS) is 63.1. The minimum Gasteiger partial charge on any atom is -0.459 e. The molecule has 6 aliphatic rings. The van der Waals surface area contributed by atoms with Crippen LogP contribution in [-0.2, 0) is 33.3 Å². The van der Waals surface area contributed by atoms with E-state index in [9.17, 15) is 14.4 Å². The van der Waals surface area contributed by atoms with Crippen molar-refractivity contribution in [1.29, 1.82) is 0 Å². The smallest absolute Gasteiger partial charge is 0.459 e. The summed E-state index contributed by atoms with van der Waals surface area (Å²) in [5.74, 6) is -2.56. The van der Waals surface area contributed by atoms with Gasteiger partial charge in [0.15, 0.2) is 0 Å². The third-order valence-electron chi connectivity index (χ3n) is 8.79. The average molecular weight is 443 g/mol. The summed E-state index contributed by atoms with van der Waals surface area (Å²) >= 11 is 3.09. The van der Waals surface area contributed by atoms with Crippen LogP contribution in [0.2, 0.25) is 0 Å². The lowest BCUT2D eigenvalue weighted by molar-refractivity contribution is -0.276. The molecule has 4 saturated heterocycles. The van der Waals surface area contributed by atoms with E-state index in [1.165, 1.54) is 0 Å². The molecule has 27 heavy (non-hydrogen) atoms. The zero-order valence-corrected chi connectivity index (χ0v) is 16.9. The highest BCUT2D eigenvalue weighted by atomic mass is 79.9. The molecule has 8 unspecified atom stereocenters. The van der Waals surface area contributed by atoms with Crippen molar-refractivity contribution >= 4 is 34.0 Å². The minimum atomic E-state index is -1.60. The van der Waals surface area contributed by atoms with Crippen molar-refractivity contribution in [1.82, 2.24) is 0 Å². The summed E-state index contributed by atoms with van der Waals surface area (Å²) in [6.07, 6.45) is -0.631. The second-order valence-corrected chi connectivity index (χ2v) is 9.95. The SMILES string of the molecule is CC12CC(OC(=O)CBr)(OC(=O)O1)C1(C)C34C(=O)OC5CC(C)(OC53C)C214. The molecular weight excluding hydrogens is 424 g/mol. The van der Waals surface area contributed by atoms with Crippen molar-refractivity contribution in [2.45, 2.75) is 69.2 Å². The average Bonchev–Trinajstić information content (AvgIpc) is 2.80. The molecule has 0 aromatic carbocycles. The van der Waals surface area contributed by atoms with E-state index in [0.29, 0.717) is 6.42 Å². The Morgan fingerprint density at radius 3 is 2.56 bits per heavy atom. The van der Waals surface area contributed by atoms with Crippen LogP contribution in [-0.4, -0.2) is 52.1 Å². The Labute approximate surface area is 163 Å². The first-order chi connectivity index (χ1) is 12.5. The maximum atomic E-state index is 13.3. The number of carbonyl (C=O) groups excluding carboxylic acids is 3. The predicted molar refractivity (Wildman–Crippen MR) is 88.6 cm³/mol. The van der Waals surface area contributed by atoms with Crippen LogP contribution in [0.15, 0.2) is 0 Å². The first kappa shape index (κ1) is 16.6. The van der Waals surface area contributed by atoms with Gasteiger partial charge in [0, 0.05) is 6.42 Å². The van der Waals surface area contributed by atoms with E-state index < -0.39 is 51.0 Å². The zero-order chi connectivity index (χ0) is 19.5. The Kier molecular flexibility index (Phi) is 2.30. The fraction of sp³-hybridized carbons (Fsp3) is 0.833. The Morgan fingerprint density at radius 1 is 1.19 bits per heavy atom. The van der Waals surface area contributed by atoms with E-state index >= 15 is 0 Å². The highest BCUT2D eigenvalue weighted by Gasteiger charge is 3.18. The molecule has 146 valence electrons. The molecule has 0 radical (unpaired) electrons. The van der Waals surface area contributed by atoms with Gasteiger partial charge in [0.2, 0.25) is 0 Å². The van der Waals surface area contributed by atoms with Gasteiger partial charge in [0.05, 0.1) is 22.9 Å². The quantitative estimate of drug-likeness (QED) is 0.362. The van der Waals surface area contributed by atoms with Crippen molar-refractivity contribution in [3.8, 4) is 0 Å². The second kappa shape index (κ2) is 3.75. The van der Waals surface area contributed by atoms with E-state index in [1.54, 1.807) is 6.92 Å². The molecule has 0 aromatic heterocycles. The number of esters is 2. The Hall–Kier alpha value is -1.35. The topological polar surface area (TPSA) is 97.4 Å². The number of halogens is 1. The number of rotatable bonds is 2. The minimum absolute atomic E-state index is 0.0575. The molecule has 4 heterocycles. The van der Waals surface area contributed by atoms with Crippen LogP contribution in [0, 0.1) is 16.2 Å². The van der Waals surface area contributed by atoms with Gasteiger partial charge in [0.1, 0.15) is 28.1 Å². The third kappa shape index (κ3) is 1.05. The van der Waals surface area contributed by atoms with Crippen LogP contribution in [0.3, 0.4) is 0 Å². The van der Waals surface area contributed by atoms with Crippen molar-refractivity contribution in [3.63, 3.8) is 0 Å². The predicted octanol–water partition coefficient (Wildman–Crippen LogP) is 1.82. The Morgan fingerprint density at radius 2 is 1.89 bits per heavy atom. The third-order valence-corrected chi connectivity index (χ3v) is 9.25. The highest BCUT2D eigenvalue weighted by Crippen LogP contribution is 3.04. The first-order valence-electron chi connectivity index (χ1n) is 9.06. The molecular formula is C18H19BrO8. The number of carbonyl (C=O) groups is 3. The fourth-order valence-electron chi connectivity index (χ4n) is 8.89. The highest BCUT2D eigenvalue weighted by molar-refractivity contribution is 9.09. The van der Waals surface area contributed by atoms with Crippen LogP contribution < -0.4 is 0 Å². The molecule has 4 bridgehead atoms. The van der Waals surface area contributed by atoms with Crippen molar-refractivity contribution in [2.75, 3.05) is 5.33 Å². The maximum Gasteiger partial charge on any atom is 0.512 e. The summed E-state index contributed by atoms with van der Waals surface area (Å²) in [5.41, 5.74) is -5.80. The lowest BCUT2D eigenvalue weighted by Gasteiger charge is -2.46. The lowest BCUT2D eigenvalue weighted by Crippen LogP contribution is -2.61. The summed E-state index contributed by atoms with van der Waals surface area (Å²) in [6.45, 7) is 7.48. The van der Waals surface area contributed by atoms with Gasteiger partial charge in [-0.05, 0) is 20.8 Å². The molecule has 4 aliphatic heterocycles. The number of hydrogen-bond acceptors (Lipinski definition) is 8. The van der Waals surface area contributed by atoms with Crippen LogP contribution >= 0.6 is 15.9 Å². The molecule has 2 aliphatic carbocycles. The number of fused-ring (bicyclic) bond motifs is 4. The van der Waals surface area contributed by atoms with Crippen LogP contribution in [0.5, 0.6) is 0 Å². The Bertz CT molecular complexity index is 891. The van der Waals surface area contributed by atoms with E-state index in [1.807, 2.05) is 20.8 Å². The van der Waals surface area contributed by atoms with E-state index in [4.69, 9.17) is 23.7 Å². The molecule has 8 atom stereocenters. The monoisotopic (exact) mass is 442 g/mol. The van der Waals surface area contributed by atoms with Gasteiger partial charge in [-0.2, -0.15) is 0 Å². The molecule has 6 fully saturated rings. The number of alkyl halides is 1. The van der Waals surface area contributed by atoms with Crippen molar-refractivity contribution in [3.05, 3.63) is 0 Å². The van der Waals surface area contributed by atoms with E-state index in [0.717, 1.165) is 0 Å². The molecule has 0 amide bonds. The summed E-state index contributed by atoms with van der Waals surface area (Å²) in [4.78, 5) is 38.0. The summed E-state index contributed by atoms with van der Waals surface area (Å²) in [6, 6.07) is 0. The lowest BCUT2D eigenvalue weighted by atomic mass is 9.61. The van der Waals surface area contributed by atoms with Gasteiger partial charge >= 0.3 is 18.1 Å². The van der Waals surface area contributed by atoms with E-state index in [-0.39, 0.29) is 23.8 Å². The summed E-state index contributed by atoms with van der Waals surface area (Å²) < 4.78 is 29.3. The maximum absolute atomic E-state index is 13.3. The molecule has 8 nitrogen and oxygen atoms in total. The van der Waals surface area contributed by atoms with Gasteiger partial charge in [-0.15, -0.1) is 0 Å². The standard InChI is InChI=1S/C18H19BrO8/c1-12-5-8-14(3,27-12)17(10(21)23-8)15(4)16(24-9(20)6-19)7-13(2,18(12,15)17)25-11(22)26-16/h8H,5-7H2,1-4H3. The van der Waals surface area contributed by atoms with Crippen LogP contribution in [0.25, 0.3) is 0 Å². The van der Waals surface area contributed by atoms with Gasteiger partial charge in [0.25, 0.3) is 5.79 Å². The van der Waals surface area contributed by atoms with Gasteiger partial charge in [-0.1, -0.05) is 22.9 Å². The van der Waals surface area contributed by atoms with Crippen LogP contribution in [0.4, 0.5) is 4.79 Å². The second-order valence-electron chi connectivity index (χ2n) is 9.39. The largest absolute Gasteiger partial charge is 0.512 e. The molecule has 2 saturated carbocycles. The Balaban J connectivity index is 1.69. The van der Waals surface area contributed by atoms with Gasteiger partial charge in [-0.3, -0.25) is 9.59 Å². The molecule has 0 N–H and O–H groups in total. The molecule has 9 heteroatoms. The molecule has 2 spiro atoms. The van der Waals surface area contributed by atoms with Gasteiger partial charge < -0.3 is 23.7 Å². The fourth-order valence-corrected chi connectivity index (χ4v) is 9.00. The first-order valence-corrected chi connectivity index (χ1v) is 10.2. The summed E-state index contributed by atoms with van der Waals surface area (Å²) in [7, 11) is 0. The number of ether oxygens (including phenoxy) is 5. The van der Waals surface area contributed by atoms with Crippen molar-refractivity contribution in [2.24, 2.45) is 16.2 Å². The summed E-state index contributed by atoms with van der Waals surface area (Å²) in [5, 5.41) is -0.0575. The van der Waals surface area contributed by atoms with Crippen molar-refractivity contribution < 1.29 is 38.1 Å². The van der Waals surface area contributed by atoms with Crippen LogP contribution in [0.1, 0.15) is 40.5 Å².